The number of aromatic carboxylic acids is 1. The first-order valence-corrected chi connectivity index (χ1v) is 8.41. The van der Waals surface area contributed by atoms with Crippen molar-refractivity contribution in [3.63, 3.8) is 0 Å². The highest BCUT2D eigenvalue weighted by Crippen LogP contribution is 2.32. The number of aromatic nitrogens is 3. The lowest BCUT2D eigenvalue weighted by atomic mass is 10.1. The number of carboxylic acid groups (broad SMARTS) is 1. The molecule has 1 heterocycles. The number of benzene rings is 3. The Morgan fingerprint density at radius 3 is 2.38 bits per heavy atom. The molecule has 0 aliphatic heterocycles. The molecule has 1 N–H and O–H groups in total. The van der Waals surface area contributed by atoms with Gasteiger partial charge in [0.2, 0.25) is 0 Å². The van der Waals surface area contributed by atoms with Crippen LogP contribution in [0.25, 0.3) is 16.7 Å². The standard InChI is InChI=1S/C21H11N5O3/c22-11-14-9-19(26-18-4-2-1-3-17(18)24-25-26)20(10-15(14)12-23)29-16-7-5-13(6-8-16)21(27)28/h1-10H,(H,27,28). The van der Waals surface area contributed by atoms with E-state index in [2.05, 4.69) is 10.3 Å². The van der Waals surface area contributed by atoms with Crippen LogP contribution in [0.4, 0.5) is 0 Å². The molecule has 0 saturated heterocycles. The number of carbonyl (C=O) groups is 1. The molecule has 138 valence electrons. The van der Waals surface area contributed by atoms with Crippen molar-refractivity contribution < 1.29 is 14.6 Å². The van der Waals surface area contributed by atoms with E-state index in [4.69, 9.17) is 9.84 Å². The number of ether oxygens (including phenoxy) is 1. The van der Waals surface area contributed by atoms with Crippen LogP contribution in [-0.2, 0) is 0 Å². The van der Waals surface area contributed by atoms with E-state index in [0.717, 1.165) is 0 Å². The summed E-state index contributed by atoms with van der Waals surface area (Å²) in [4.78, 5) is 11.0. The van der Waals surface area contributed by atoms with E-state index in [9.17, 15) is 15.3 Å². The maximum absolute atomic E-state index is 11.0. The fourth-order valence-electron chi connectivity index (χ4n) is 2.84. The zero-order chi connectivity index (χ0) is 20.4. The average Bonchev–Trinajstić information content (AvgIpc) is 3.17. The van der Waals surface area contributed by atoms with Gasteiger partial charge in [-0.1, -0.05) is 17.3 Å². The third-order valence-electron chi connectivity index (χ3n) is 4.25. The molecule has 0 saturated carbocycles. The molecule has 0 amide bonds. The van der Waals surface area contributed by atoms with Crippen molar-refractivity contribution in [2.24, 2.45) is 0 Å². The minimum absolute atomic E-state index is 0.123. The Bertz CT molecular complexity index is 1330. The summed E-state index contributed by atoms with van der Waals surface area (Å²) in [5.41, 5.74) is 2.24. The van der Waals surface area contributed by atoms with Crippen LogP contribution in [0.5, 0.6) is 11.5 Å². The Kier molecular flexibility index (Phi) is 4.36. The molecular weight excluding hydrogens is 370 g/mol. The quantitative estimate of drug-likeness (QED) is 0.572. The second-order valence-corrected chi connectivity index (χ2v) is 6.01. The van der Waals surface area contributed by atoms with E-state index in [0.29, 0.717) is 22.5 Å². The van der Waals surface area contributed by atoms with Crippen LogP contribution in [0.2, 0.25) is 0 Å². The van der Waals surface area contributed by atoms with Crippen molar-refractivity contribution >= 4 is 17.0 Å². The van der Waals surface area contributed by atoms with Crippen molar-refractivity contribution in [2.75, 3.05) is 0 Å². The highest BCUT2D eigenvalue weighted by molar-refractivity contribution is 5.87. The molecule has 4 aromatic rings. The molecule has 0 atom stereocenters. The van der Waals surface area contributed by atoms with Gasteiger partial charge in [0.15, 0.2) is 5.75 Å². The van der Waals surface area contributed by atoms with E-state index >= 15 is 0 Å². The topological polar surface area (TPSA) is 125 Å². The minimum Gasteiger partial charge on any atom is -0.478 e. The fourth-order valence-corrected chi connectivity index (χ4v) is 2.84. The molecule has 1 aromatic heterocycles. The van der Waals surface area contributed by atoms with E-state index in [1.165, 1.54) is 41.1 Å². The van der Waals surface area contributed by atoms with E-state index < -0.39 is 5.97 Å². The first-order chi connectivity index (χ1) is 14.1. The smallest absolute Gasteiger partial charge is 0.335 e. The zero-order valence-corrected chi connectivity index (χ0v) is 14.8. The maximum atomic E-state index is 11.0. The minimum atomic E-state index is -1.04. The molecule has 0 spiro atoms. The lowest BCUT2D eigenvalue weighted by molar-refractivity contribution is 0.0697. The van der Waals surface area contributed by atoms with Gasteiger partial charge in [0.25, 0.3) is 0 Å². The van der Waals surface area contributed by atoms with Gasteiger partial charge in [-0.15, -0.1) is 5.10 Å². The summed E-state index contributed by atoms with van der Waals surface area (Å²) < 4.78 is 7.44. The molecule has 0 fully saturated rings. The highest BCUT2D eigenvalue weighted by Gasteiger charge is 2.17. The van der Waals surface area contributed by atoms with Gasteiger partial charge in [0.05, 0.1) is 22.2 Å². The van der Waals surface area contributed by atoms with Gasteiger partial charge in [-0.3, -0.25) is 0 Å². The van der Waals surface area contributed by atoms with Gasteiger partial charge in [-0.05, 0) is 42.5 Å². The zero-order valence-electron chi connectivity index (χ0n) is 14.8. The molecular formula is C21H11N5O3. The summed E-state index contributed by atoms with van der Waals surface area (Å²) in [6, 6.07) is 20.1. The van der Waals surface area contributed by atoms with Crippen LogP contribution in [0.3, 0.4) is 0 Å². The van der Waals surface area contributed by atoms with Gasteiger partial charge in [0, 0.05) is 6.07 Å². The summed E-state index contributed by atoms with van der Waals surface area (Å²) in [5, 5.41) is 36.1. The Hall–Kier alpha value is -4.69. The molecule has 0 radical (unpaired) electrons. The average molecular weight is 381 g/mol. The lowest BCUT2D eigenvalue weighted by Gasteiger charge is -2.13. The van der Waals surface area contributed by atoms with Crippen LogP contribution in [-0.4, -0.2) is 26.1 Å². The molecule has 8 heteroatoms. The molecule has 3 aromatic carbocycles. The Morgan fingerprint density at radius 2 is 1.69 bits per heavy atom. The molecule has 29 heavy (non-hydrogen) atoms. The van der Waals surface area contributed by atoms with Crippen LogP contribution in [0.15, 0.2) is 60.7 Å². The number of nitriles is 2. The van der Waals surface area contributed by atoms with Gasteiger partial charge in [0.1, 0.15) is 29.1 Å². The monoisotopic (exact) mass is 381 g/mol. The third-order valence-corrected chi connectivity index (χ3v) is 4.25. The van der Waals surface area contributed by atoms with Gasteiger partial charge in [-0.25, -0.2) is 9.48 Å². The number of hydrogen-bond acceptors (Lipinski definition) is 6. The first-order valence-electron chi connectivity index (χ1n) is 8.41. The summed E-state index contributed by atoms with van der Waals surface area (Å²) >= 11 is 0. The number of rotatable bonds is 4. The summed E-state index contributed by atoms with van der Waals surface area (Å²) in [5.74, 6) is -0.398. The molecule has 4 rings (SSSR count). The highest BCUT2D eigenvalue weighted by atomic mass is 16.5. The Balaban J connectivity index is 1.87. The van der Waals surface area contributed by atoms with E-state index in [1.54, 1.807) is 6.07 Å². The van der Waals surface area contributed by atoms with Crippen LogP contribution in [0.1, 0.15) is 21.5 Å². The maximum Gasteiger partial charge on any atom is 0.335 e. The number of carboxylic acids is 1. The summed E-state index contributed by atoms with van der Waals surface area (Å²) in [7, 11) is 0. The van der Waals surface area contributed by atoms with Crippen LogP contribution in [0, 0.1) is 22.7 Å². The molecule has 0 unspecified atom stereocenters. The van der Waals surface area contributed by atoms with E-state index in [1.807, 2.05) is 30.3 Å². The Labute approximate surface area is 164 Å². The number of fused-ring (bicyclic) bond motifs is 1. The predicted molar refractivity (Wildman–Crippen MR) is 102 cm³/mol. The second kappa shape index (κ2) is 7.14. The Morgan fingerprint density at radius 1 is 1.00 bits per heavy atom. The van der Waals surface area contributed by atoms with Crippen molar-refractivity contribution in [3.8, 4) is 29.3 Å². The summed E-state index contributed by atoms with van der Waals surface area (Å²) in [6.45, 7) is 0. The normalized spacial score (nSPS) is 10.3. The second-order valence-electron chi connectivity index (χ2n) is 6.01. The van der Waals surface area contributed by atoms with Crippen LogP contribution < -0.4 is 4.74 Å². The predicted octanol–water partition coefficient (Wildman–Crippen LogP) is 3.65. The van der Waals surface area contributed by atoms with Gasteiger partial charge in [-0.2, -0.15) is 10.5 Å². The molecule has 8 nitrogen and oxygen atoms in total. The van der Waals surface area contributed by atoms with Crippen molar-refractivity contribution in [3.05, 3.63) is 77.4 Å². The summed E-state index contributed by atoms with van der Waals surface area (Å²) in [6.07, 6.45) is 0. The SMILES string of the molecule is N#Cc1cc(Oc2ccc(C(=O)O)cc2)c(-n2nnc3ccccc32)cc1C#N. The van der Waals surface area contributed by atoms with Crippen molar-refractivity contribution in [2.45, 2.75) is 0 Å². The third kappa shape index (κ3) is 3.22. The number of para-hydroxylation sites is 1. The van der Waals surface area contributed by atoms with Gasteiger partial charge >= 0.3 is 5.97 Å². The van der Waals surface area contributed by atoms with Crippen molar-refractivity contribution in [1.82, 2.24) is 15.0 Å². The first kappa shape index (κ1) is 17.7. The molecule has 0 bridgehead atoms. The van der Waals surface area contributed by atoms with Crippen molar-refractivity contribution in [1.29, 1.82) is 10.5 Å². The number of hydrogen-bond donors (Lipinski definition) is 1. The fraction of sp³-hybridized carbons (Fsp3) is 0. The molecule has 0 aliphatic rings. The molecule has 0 aliphatic carbocycles. The van der Waals surface area contributed by atoms with Crippen LogP contribution >= 0.6 is 0 Å². The van der Waals surface area contributed by atoms with E-state index in [-0.39, 0.29) is 22.4 Å². The lowest BCUT2D eigenvalue weighted by Crippen LogP contribution is -2.02. The number of nitrogens with zero attached hydrogens (tertiary/aromatic N) is 5. The largest absolute Gasteiger partial charge is 0.478 e. The van der Waals surface area contributed by atoms with Gasteiger partial charge < -0.3 is 9.84 Å².